The van der Waals surface area contributed by atoms with Gasteiger partial charge in [0.05, 0.1) is 13.2 Å². The highest BCUT2D eigenvalue weighted by atomic mass is 127. The first-order valence-electron chi connectivity index (χ1n) is 9.23. The maximum Gasteiger partial charge on any atom is 0.409 e. The highest BCUT2D eigenvalue weighted by Crippen LogP contribution is 2.12. The number of carbonyl (C=O) groups excluding carboxylic acids is 1. The van der Waals surface area contributed by atoms with Crippen LogP contribution in [0, 0.1) is 0 Å². The molecular formula is C19H31IN4O3. The second-order valence-electron chi connectivity index (χ2n) is 6.30. The molecule has 1 atom stereocenters. The molecule has 1 aliphatic heterocycles. The van der Waals surface area contributed by atoms with Crippen LogP contribution in [-0.2, 0) is 4.74 Å². The average Bonchev–Trinajstić information content (AvgIpc) is 2.66. The Balaban J connectivity index is 0.00000364. The quantitative estimate of drug-likeness (QED) is 0.365. The number of guanidine groups is 1. The molecule has 0 aromatic heterocycles. The fourth-order valence-corrected chi connectivity index (χ4v) is 2.82. The van der Waals surface area contributed by atoms with Gasteiger partial charge in [-0.3, -0.25) is 4.99 Å². The molecule has 0 bridgehead atoms. The highest BCUT2D eigenvalue weighted by Gasteiger charge is 2.24. The first-order valence-corrected chi connectivity index (χ1v) is 9.23. The first-order chi connectivity index (χ1) is 12.6. The van der Waals surface area contributed by atoms with E-state index >= 15 is 0 Å². The summed E-state index contributed by atoms with van der Waals surface area (Å²) in [5.41, 5.74) is 0. The summed E-state index contributed by atoms with van der Waals surface area (Å²) in [7, 11) is 1.76. The number of benzene rings is 1. The van der Waals surface area contributed by atoms with Crippen molar-refractivity contribution in [2.45, 2.75) is 38.8 Å². The molecule has 1 unspecified atom stereocenters. The highest BCUT2D eigenvalue weighted by molar-refractivity contribution is 14.0. The third-order valence-electron chi connectivity index (χ3n) is 4.22. The number of rotatable bonds is 6. The van der Waals surface area contributed by atoms with Crippen molar-refractivity contribution in [1.29, 1.82) is 0 Å². The molecule has 2 N–H and O–H groups in total. The van der Waals surface area contributed by atoms with Crippen molar-refractivity contribution in [3.63, 3.8) is 0 Å². The molecule has 1 saturated heterocycles. The molecule has 0 saturated carbocycles. The van der Waals surface area contributed by atoms with Gasteiger partial charge in [0, 0.05) is 26.2 Å². The van der Waals surface area contributed by atoms with Crippen molar-refractivity contribution in [3.8, 4) is 5.75 Å². The van der Waals surface area contributed by atoms with E-state index in [2.05, 4.69) is 15.6 Å². The second-order valence-corrected chi connectivity index (χ2v) is 6.30. The van der Waals surface area contributed by atoms with Gasteiger partial charge in [0.1, 0.15) is 11.9 Å². The predicted molar refractivity (Wildman–Crippen MR) is 118 cm³/mol. The van der Waals surface area contributed by atoms with Crippen molar-refractivity contribution in [3.05, 3.63) is 30.3 Å². The summed E-state index contributed by atoms with van der Waals surface area (Å²) in [4.78, 5) is 17.8. The summed E-state index contributed by atoms with van der Waals surface area (Å²) in [6, 6.07) is 10.1. The van der Waals surface area contributed by atoms with E-state index in [1.807, 2.05) is 44.2 Å². The molecule has 1 aromatic rings. The SMILES string of the molecule is CCOC(=O)N1CCC(NC(=NC)NCC(C)Oc2ccccc2)CC1.I. The van der Waals surface area contributed by atoms with Gasteiger partial charge in [-0.1, -0.05) is 18.2 Å². The zero-order chi connectivity index (χ0) is 18.8. The maximum atomic E-state index is 11.7. The van der Waals surface area contributed by atoms with Gasteiger partial charge >= 0.3 is 6.09 Å². The molecule has 1 amide bonds. The van der Waals surface area contributed by atoms with Gasteiger partial charge in [0.2, 0.25) is 0 Å². The van der Waals surface area contributed by atoms with E-state index in [0.717, 1.165) is 24.6 Å². The van der Waals surface area contributed by atoms with E-state index < -0.39 is 0 Å². The number of para-hydroxylation sites is 1. The summed E-state index contributed by atoms with van der Waals surface area (Å²) in [5.74, 6) is 1.61. The van der Waals surface area contributed by atoms with Crippen LogP contribution in [0.5, 0.6) is 5.75 Å². The molecule has 2 rings (SSSR count). The molecule has 8 heteroatoms. The van der Waals surface area contributed by atoms with Gasteiger partial charge in [0.15, 0.2) is 5.96 Å². The summed E-state index contributed by atoms with van der Waals surface area (Å²) in [6.45, 7) is 6.30. The number of hydrogen-bond acceptors (Lipinski definition) is 4. The Morgan fingerprint density at radius 3 is 2.56 bits per heavy atom. The Kier molecular flexibility index (Phi) is 10.9. The van der Waals surface area contributed by atoms with E-state index in [-0.39, 0.29) is 42.2 Å². The standard InChI is InChI=1S/C19H30N4O3.HI/c1-4-25-19(24)23-12-10-16(11-13-23)22-18(20-3)21-14-15(2)26-17-8-6-5-7-9-17;/h5-9,15-16H,4,10-14H2,1-3H3,(H2,20,21,22);1H. The van der Waals surface area contributed by atoms with Crippen molar-refractivity contribution < 1.29 is 14.3 Å². The van der Waals surface area contributed by atoms with Gasteiger partial charge in [-0.05, 0) is 38.8 Å². The Bertz CT molecular complexity index is 578. The van der Waals surface area contributed by atoms with Crippen LogP contribution in [0.2, 0.25) is 0 Å². The first kappa shape index (κ1) is 23.3. The molecule has 0 aliphatic carbocycles. The van der Waals surface area contributed by atoms with Crippen molar-refractivity contribution in [1.82, 2.24) is 15.5 Å². The number of piperidine rings is 1. The third-order valence-corrected chi connectivity index (χ3v) is 4.22. The van der Waals surface area contributed by atoms with Crippen LogP contribution in [0.1, 0.15) is 26.7 Å². The number of nitrogens with one attached hydrogen (secondary N) is 2. The van der Waals surface area contributed by atoms with Crippen LogP contribution in [0.25, 0.3) is 0 Å². The Morgan fingerprint density at radius 1 is 1.30 bits per heavy atom. The van der Waals surface area contributed by atoms with E-state index in [9.17, 15) is 4.79 Å². The van der Waals surface area contributed by atoms with Crippen LogP contribution in [-0.4, -0.2) is 62.4 Å². The zero-order valence-corrected chi connectivity index (χ0v) is 18.6. The minimum atomic E-state index is -0.222. The van der Waals surface area contributed by atoms with Crippen LogP contribution >= 0.6 is 24.0 Å². The summed E-state index contributed by atoms with van der Waals surface area (Å²) in [6.07, 6.45) is 1.53. The second kappa shape index (κ2) is 12.6. The monoisotopic (exact) mass is 490 g/mol. The van der Waals surface area contributed by atoms with Crippen LogP contribution < -0.4 is 15.4 Å². The molecule has 1 aromatic carbocycles. The number of aliphatic imine (C=N–C) groups is 1. The lowest BCUT2D eigenvalue weighted by Crippen LogP contribution is -2.50. The Hall–Kier alpha value is -1.71. The Labute approximate surface area is 178 Å². The number of nitrogens with zero attached hydrogens (tertiary/aromatic N) is 2. The molecule has 1 heterocycles. The zero-order valence-electron chi connectivity index (χ0n) is 16.3. The summed E-state index contributed by atoms with van der Waals surface area (Å²) in [5, 5.41) is 6.72. The summed E-state index contributed by atoms with van der Waals surface area (Å²) >= 11 is 0. The topological polar surface area (TPSA) is 75.2 Å². The van der Waals surface area contributed by atoms with E-state index in [1.54, 1.807) is 11.9 Å². The summed E-state index contributed by atoms with van der Waals surface area (Å²) < 4.78 is 10.9. The van der Waals surface area contributed by atoms with Gasteiger partial charge in [-0.25, -0.2) is 4.79 Å². The lowest BCUT2D eigenvalue weighted by molar-refractivity contribution is 0.0963. The smallest absolute Gasteiger partial charge is 0.409 e. The van der Waals surface area contributed by atoms with Gasteiger partial charge in [-0.15, -0.1) is 24.0 Å². The molecule has 1 fully saturated rings. The van der Waals surface area contributed by atoms with Gasteiger partial charge in [-0.2, -0.15) is 0 Å². The van der Waals surface area contributed by atoms with E-state index in [1.165, 1.54) is 0 Å². The van der Waals surface area contributed by atoms with Crippen molar-refractivity contribution >= 4 is 36.0 Å². The fraction of sp³-hybridized carbons (Fsp3) is 0.579. The molecule has 27 heavy (non-hydrogen) atoms. The molecule has 1 aliphatic rings. The normalized spacial score (nSPS) is 16.1. The van der Waals surface area contributed by atoms with Crippen LogP contribution in [0.4, 0.5) is 4.79 Å². The predicted octanol–water partition coefficient (Wildman–Crippen LogP) is 2.86. The number of halogens is 1. The lowest BCUT2D eigenvalue weighted by Gasteiger charge is -2.32. The number of likely N-dealkylation sites (tertiary alicyclic amines) is 1. The maximum absolute atomic E-state index is 11.7. The Morgan fingerprint density at radius 2 is 1.96 bits per heavy atom. The molecule has 152 valence electrons. The van der Waals surface area contributed by atoms with Crippen molar-refractivity contribution in [2.24, 2.45) is 4.99 Å². The van der Waals surface area contributed by atoms with E-state index in [0.29, 0.717) is 26.2 Å². The van der Waals surface area contributed by atoms with Gasteiger partial charge in [0.25, 0.3) is 0 Å². The number of ether oxygens (including phenoxy) is 2. The molecule has 7 nitrogen and oxygen atoms in total. The van der Waals surface area contributed by atoms with Crippen LogP contribution in [0.3, 0.4) is 0 Å². The molecule has 0 spiro atoms. The number of carbonyl (C=O) groups is 1. The third kappa shape index (κ3) is 8.23. The molecule has 0 radical (unpaired) electrons. The fourth-order valence-electron chi connectivity index (χ4n) is 2.82. The minimum absolute atomic E-state index is 0. The lowest BCUT2D eigenvalue weighted by atomic mass is 10.1. The van der Waals surface area contributed by atoms with Gasteiger partial charge < -0.3 is 25.0 Å². The largest absolute Gasteiger partial charge is 0.489 e. The van der Waals surface area contributed by atoms with E-state index in [4.69, 9.17) is 9.47 Å². The average molecular weight is 490 g/mol. The minimum Gasteiger partial charge on any atom is -0.489 e. The molecular weight excluding hydrogens is 459 g/mol. The number of amides is 1. The van der Waals surface area contributed by atoms with Crippen molar-refractivity contribution in [2.75, 3.05) is 33.3 Å². The van der Waals surface area contributed by atoms with Crippen LogP contribution in [0.15, 0.2) is 35.3 Å². The number of hydrogen-bond donors (Lipinski definition) is 2.